The minimum atomic E-state index is 0.277. The van der Waals surface area contributed by atoms with Gasteiger partial charge in [0.1, 0.15) is 11.3 Å². The number of aryl methyl sites for hydroxylation is 1. The molecular weight excluding hydrogens is 300 g/mol. The van der Waals surface area contributed by atoms with Gasteiger partial charge in [0.25, 0.3) is 0 Å². The lowest BCUT2D eigenvalue weighted by molar-refractivity contribution is 0.111. The molecule has 1 unspecified atom stereocenters. The summed E-state index contributed by atoms with van der Waals surface area (Å²) in [5, 5.41) is 0. The third-order valence-electron chi connectivity index (χ3n) is 4.85. The molecule has 0 N–H and O–H groups in total. The molecule has 0 saturated carbocycles. The fourth-order valence-corrected chi connectivity index (χ4v) is 3.67. The van der Waals surface area contributed by atoms with Crippen LogP contribution in [0.3, 0.4) is 0 Å². The Kier molecular flexibility index (Phi) is 3.86. The van der Waals surface area contributed by atoms with Gasteiger partial charge in [0.2, 0.25) is 0 Å². The van der Waals surface area contributed by atoms with Gasteiger partial charge < -0.3 is 0 Å². The number of aldehydes is 1. The van der Waals surface area contributed by atoms with Gasteiger partial charge in [-0.1, -0.05) is 12.1 Å². The summed E-state index contributed by atoms with van der Waals surface area (Å²) in [6, 6.07) is 10.2. The van der Waals surface area contributed by atoms with Crippen LogP contribution in [0.15, 0.2) is 42.7 Å². The molecule has 0 spiro atoms. The molecule has 3 heterocycles. The van der Waals surface area contributed by atoms with Crippen molar-refractivity contribution in [3.8, 4) is 0 Å². The molecule has 1 aliphatic rings. The zero-order valence-electron chi connectivity index (χ0n) is 13.7. The summed E-state index contributed by atoms with van der Waals surface area (Å²) in [5.74, 6) is 0. The molecule has 0 aliphatic heterocycles. The van der Waals surface area contributed by atoms with Crippen LogP contribution in [0.5, 0.6) is 0 Å². The van der Waals surface area contributed by atoms with E-state index in [0.29, 0.717) is 12.2 Å². The Labute approximate surface area is 141 Å². The van der Waals surface area contributed by atoms with Crippen LogP contribution in [0.25, 0.3) is 5.65 Å². The van der Waals surface area contributed by atoms with Crippen LogP contribution in [0.4, 0.5) is 0 Å². The molecule has 0 amide bonds. The molecule has 5 heteroatoms. The Bertz CT molecular complexity index is 886. The molecule has 5 nitrogen and oxygen atoms in total. The molecule has 0 fully saturated rings. The van der Waals surface area contributed by atoms with E-state index in [1.165, 1.54) is 17.7 Å². The van der Waals surface area contributed by atoms with E-state index in [4.69, 9.17) is 0 Å². The van der Waals surface area contributed by atoms with Crippen molar-refractivity contribution in [3.05, 3.63) is 65.4 Å². The summed E-state index contributed by atoms with van der Waals surface area (Å²) in [7, 11) is 2.09. The predicted octanol–water partition coefficient (Wildman–Crippen LogP) is 3.05. The topological polar surface area (TPSA) is 50.5 Å². The first kappa shape index (κ1) is 15.0. The molecule has 122 valence electrons. The number of aromatic nitrogens is 3. The smallest absolute Gasteiger partial charge is 0.168 e. The zero-order chi connectivity index (χ0) is 16.5. The molecule has 0 aromatic carbocycles. The van der Waals surface area contributed by atoms with Gasteiger partial charge in [-0.15, -0.1) is 0 Å². The highest BCUT2D eigenvalue weighted by atomic mass is 16.1. The number of carbonyl (C=O) groups is 1. The number of rotatable bonds is 4. The van der Waals surface area contributed by atoms with Gasteiger partial charge >= 0.3 is 0 Å². The van der Waals surface area contributed by atoms with E-state index < -0.39 is 0 Å². The minimum absolute atomic E-state index is 0.277. The van der Waals surface area contributed by atoms with E-state index in [0.717, 1.165) is 30.5 Å². The molecule has 1 aliphatic carbocycles. The van der Waals surface area contributed by atoms with E-state index >= 15 is 0 Å². The highest BCUT2D eigenvalue weighted by Gasteiger charge is 2.26. The van der Waals surface area contributed by atoms with Crippen molar-refractivity contribution in [2.45, 2.75) is 31.8 Å². The number of pyridine rings is 2. The van der Waals surface area contributed by atoms with Gasteiger partial charge in [-0.25, -0.2) is 4.98 Å². The second kappa shape index (κ2) is 6.17. The lowest BCUT2D eigenvalue weighted by atomic mass is 9.91. The summed E-state index contributed by atoms with van der Waals surface area (Å²) in [4.78, 5) is 23.1. The standard InChI is InChI=1S/C19H20N4O/c1-22(16-8-4-6-14-7-5-10-20-19(14)16)12-15-17(13-24)23-11-3-2-9-18(23)21-15/h2-3,5,7,9-11,13,16H,4,6,8,12H2,1H3. The molecule has 4 rings (SSSR count). The predicted molar refractivity (Wildman–Crippen MR) is 92.0 cm³/mol. The third kappa shape index (κ3) is 2.51. The number of fused-ring (bicyclic) bond motifs is 2. The molecule has 0 bridgehead atoms. The maximum absolute atomic E-state index is 11.6. The monoisotopic (exact) mass is 320 g/mol. The van der Waals surface area contributed by atoms with E-state index in [9.17, 15) is 4.79 Å². The van der Waals surface area contributed by atoms with Gasteiger partial charge in [-0.05, 0) is 50.1 Å². The van der Waals surface area contributed by atoms with Gasteiger partial charge in [-0.3, -0.25) is 19.1 Å². The Balaban J connectivity index is 1.66. The van der Waals surface area contributed by atoms with Crippen LogP contribution < -0.4 is 0 Å². The van der Waals surface area contributed by atoms with Crippen molar-refractivity contribution in [2.75, 3.05) is 7.05 Å². The molecule has 0 radical (unpaired) electrons. The fourth-order valence-electron chi connectivity index (χ4n) is 3.67. The second-order valence-corrected chi connectivity index (χ2v) is 6.36. The Morgan fingerprint density at radius 3 is 3.12 bits per heavy atom. The number of nitrogens with zero attached hydrogens (tertiary/aromatic N) is 4. The Hall–Kier alpha value is -2.53. The third-order valence-corrected chi connectivity index (χ3v) is 4.85. The number of hydrogen-bond donors (Lipinski definition) is 0. The molecule has 0 saturated heterocycles. The number of imidazole rings is 1. The van der Waals surface area contributed by atoms with Gasteiger partial charge in [0.15, 0.2) is 6.29 Å². The van der Waals surface area contributed by atoms with Gasteiger partial charge in [0, 0.05) is 18.9 Å². The molecule has 1 atom stereocenters. The van der Waals surface area contributed by atoms with Crippen molar-refractivity contribution >= 4 is 11.9 Å². The number of carbonyl (C=O) groups excluding carboxylic acids is 1. The lowest BCUT2D eigenvalue weighted by Crippen LogP contribution is -2.28. The molecular formula is C19H20N4O. The quantitative estimate of drug-likeness (QED) is 0.693. The molecule has 3 aromatic rings. The van der Waals surface area contributed by atoms with Crippen LogP contribution in [-0.2, 0) is 13.0 Å². The lowest BCUT2D eigenvalue weighted by Gasteiger charge is -2.31. The van der Waals surface area contributed by atoms with E-state index in [1.54, 1.807) is 0 Å². The highest BCUT2D eigenvalue weighted by molar-refractivity contribution is 5.76. The van der Waals surface area contributed by atoms with E-state index in [2.05, 4.69) is 28.0 Å². The van der Waals surface area contributed by atoms with Crippen LogP contribution in [0, 0.1) is 0 Å². The summed E-state index contributed by atoms with van der Waals surface area (Å²) in [5.41, 5.74) is 4.77. The average Bonchev–Trinajstić information content (AvgIpc) is 2.98. The Morgan fingerprint density at radius 2 is 2.25 bits per heavy atom. The average molecular weight is 320 g/mol. The number of hydrogen-bond acceptors (Lipinski definition) is 4. The normalized spacial score (nSPS) is 17.2. The SMILES string of the molecule is CN(Cc1nc2ccccn2c1C=O)C1CCCc2cccnc21. The first-order chi connectivity index (χ1) is 11.8. The second-order valence-electron chi connectivity index (χ2n) is 6.36. The zero-order valence-corrected chi connectivity index (χ0v) is 13.7. The fraction of sp³-hybridized carbons (Fsp3) is 0.316. The summed E-state index contributed by atoms with van der Waals surface area (Å²) in [6.45, 7) is 0.635. The van der Waals surface area contributed by atoms with Gasteiger partial charge in [-0.2, -0.15) is 0 Å². The maximum atomic E-state index is 11.6. The van der Waals surface area contributed by atoms with Crippen LogP contribution in [0.1, 0.15) is 46.3 Å². The van der Waals surface area contributed by atoms with E-state index in [-0.39, 0.29) is 6.04 Å². The first-order valence-electron chi connectivity index (χ1n) is 8.33. The molecule has 24 heavy (non-hydrogen) atoms. The van der Waals surface area contributed by atoms with Crippen molar-refractivity contribution in [2.24, 2.45) is 0 Å². The van der Waals surface area contributed by atoms with Crippen LogP contribution in [0.2, 0.25) is 0 Å². The van der Waals surface area contributed by atoms with Crippen LogP contribution >= 0.6 is 0 Å². The van der Waals surface area contributed by atoms with E-state index in [1.807, 2.05) is 41.1 Å². The largest absolute Gasteiger partial charge is 0.297 e. The summed E-state index contributed by atoms with van der Waals surface area (Å²) in [6.07, 6.45) is 8.00. The Morgan fingerprint density at radius 1 is 1.33 bits per heavy atom. The minimum Gasteiger partial charge on any atom is -0.297 e. The summed E-state index contributed by atoms with van der Waals surface area (Å²) >= 11 is 0. The maximum Gasteiger partial charge on any atom is 0.168 e. The van der Waals surface area contributed by atoms with Crippen LogP contribution in [-0.4, -0.2) is 32.6 Å². The van der Waals surface area contributed by atoms with Crippen molar-refractivity contribution in [3.63, 3.8) is 0 Å². The van der Waals surface area contributed by atoms with Gasteiger partial charge in [0.05, 0.1) is 17.4 Å². The first-order valence-corrected chi connectivity index (χ1v) is 8.33. The highest BCUT2D eigenvalue weighted by Crippen LogP contribution is 2.32. The summed E-state index contributed by atoms with van der Waals surface area (Å²) < 4.78 is 1.85. The van der Waals surface area contributed by atoms with Crippen molar-refractivity contribution in [1.82, 2.24) is 19.3 Å². The van der Waals surface area contributed by atoms with Crippen molar-refractivity contribution < 1.29 is 4.79 Å². The molecule has 3 aromatic heterocycles. The van der Waals surface area contributed by atoms with Crippen molar-refractivity contribution in [1.29, 1.82) is 0 Å².